The van der Waals surface area contributed by atoms with E-state index in [2.05, 4.69) is 32.7 Å². The van der Waals surface area contributed by atoms with E-state index in [4.69, 9.17) is 0 Å². The van der Waals surface area contributed by atoms with Gasteiger partial charge in [0.15, 0.2) is 0 Å². The quantitative estimate of drug-likeness (QED) is 0.604. The number of rotatable bonds is 10. The molecular weight excluding hydrogens is 364 g/mol. The van der Waals surface area contributed by atoms with Crippen LogP contribution < -0.4 is 10.6 Å². The minimum Gasteiger partial charge on any atom is -0.356 e. The van der Waals surface area contributed by atoms with Crippen LogP contribution >= 0.6 is 0 Å². The minimum absolute atomic E-state index is 0.0403. The van der Waals surface area contributed by atoms with Crippen LogP contribution in [0.2, 0.25) is 0 Å². The van der Waals surface area contributed by atoms with Crippen LogP contribution in [0.25, 0.3) is 0 Å². The van der Waals surface area contributed by atoms with Crippen molar-refractivity contribution < 1.29 is 9.59 Å². The Balaban J connectivity index is 1.40. The van der Waals surface area contributed by atoms with E-state index >= 15 is 0 Å². The van der Waals surface area contributed by atoms with Gasteiger partial charge in [0.1, 0.15) is 0 Å². The Morgan fingerprint density at radius 2 is 1.90 bits per heavy atom. The topological polar surface area (TPSA) is 74.3 Å². The first kappa shape index (κ1) is 21.0. The van der Waals surface area contributed by atoms with Gasteiger partial charge in [0.25, 0.3) is 0 Å². The molecule has 1 aliphatic heterocycles. The number of aryl methyl sites for hydroxylation is 2. The van der Waals surface area contributed by atoms with Crippen molar-refractivity contribution in [3.63, 3.8) is 0 Å². The van der Waals surface area contributed by atoms with Crippen molar-refractivity contribution in [3.8, 4) is 0 Å². The van der Waals surface area contributed by atoms with Crippen LogP contribution in [0.3, 0.4) is 0 Å². The van der Waals surface area contributed by atoms with E-state index < -0.39 is 0 Å². The number of aromatic nitrogens is 1. The van der Waals surface area contributed by atoms with Crippen molar-refractivity contribution in [1.29, 1.82) is 0 Å². The molecule has 154 valence electrons. The smallest absolute Gasteiger partial charge is 0.237 e. The van der Waals surface area contributed by atoms with Crippen molar-refractivity contribution >= 4 is 11.8 Å². The van der Waals surface area contributed by atoms with Crippen molar-refractivity contribution in [2.75, 3.05) is 26.2 Å². The predicted molar refractivity (Wildman–Crippen MR) is 113 cm³/mol. The van der Waals surface area contributed by atoms with Crippen molar-refractivity contribution in [2.45, 2.75) is 38.1 Å². The summed E-state index contributed by atoms with van der Waals surface area (Å²) in [6.45, 7) is 2.87. The van der Waals surface area contributed by atoms with E-state index in [1.54, 1.807) is 6.20 Å². The number of pyridine rings is 1. The van der Waals surface area contributed by atoms with Crippen molar-refractivity contribution in [1.82, 2.24) is 20.5 Å². The highest BCUT2D eigenvalue weighted by Gasteiger charge is 2.31. The van der Waals surface area contributed by atoms with Gasteiger partial charge in [-0.3, -0.25) is 19.5 Å². The number of carbonyl (C=O) groups is 2. The molecular formula is C23H30N4O2. The highest BCUT2D eigenvalue weighted by Crippen LogP contribution is 2.12. The van der Waals surface area contributed by atoms with Crippen LogP contribution in [-0.4, -0.2) is 53.9 Å². The molecule has 0 aliphatic carbocycles. The van der Waals surface area contributed by atoms with Crippen LogP contribution in [0, 0.1) is 0 Å². The fraction of sp³-hybridized carbons (Fsp3) is 0.435. The SMILES string of the molecule is O=C(C[C@H]1C(=O)NCCN1CCCc1ccccc1)NCCCc1cccnc1. The lowest BCUT2D eigenvalue weighted by molar-refractivity contribution is -0.133. The summed E-state index contributed by atoms with van der Waals surface area (Å²) in [5, 5.41) is 5.85. The molecule has 0 unspecified atom stereocenters. The molecule has 3 rings (SSSR count). The molecule has 0 bridgehead atoms. The van der Waals surface area contributed by atoms with Gasteiger partial charge in [0.05, 0.1) is 12.5 Å². The molecule has 2 amide bonds. The van der Waals surface area contributed by atoms with Gasteiger partial charge in [-0.05, 0) is 49.4 Å². The normalized spacial score (nSPS) is 17.0. The Bertz CT molecular complexity index is 767. The van der Waals surface area contributed by atoms with Gasteiger partial charge < -0.3 is 10.6 Å². The summed E-state index contributed by atoms with van der Waals surface area (Å²) in [4.78, 5) is 31.0. The van der Waals surface area contributed by atoms with Crippen LogP contribution in [0.15, 0.2) is 54.9 Å². The van der Waals surface area contributed by atoms with Gasteiger partial charge in [0, 0.05) is 32.0 Å². The summed E-state index contributed by atoms with van der Waals surface area (Å²) < 4.78 is 0. The second-order valence-electron chi connectivity index (χ2n) is 7.45. The second kappa shape index (κ2) is 11.3. The van der Waals surface area contributed by atoms with Crippen molar-refractivity contribution in [3.05, 3.63) is 66.0 Å². The first-order chi connectivity index (χ1) is 14.2. The van der Waals surface area contributed by atoms with E-state index in [-0.39, 0.29) is 24.3 Å². The summed E-state index contributed by atoms with van der Waals surface area (Å²) >= 11 is 0. The van der Waals surface area contributed by atoms with Crippen LogP contribution in [0.4, 0.5) is 0 Å². The number of benzene rings is 1. The number of nitrogens with one attached hydrogen (secondary N) is 2. The van der Waals surface area contributed by atoms with Gasteiger partial charge in [-0.1, -0.05) is 36.4 Å². The van der Waals surface area contributed by atoms with Gasteiger partial charge >= 0.3 is 0 Å². The summed E-state index contributed by atoms with van der Waals surface area (Å²) in [6, 6.07) is 13.9. The standard InChI is InChI=1S/C23H30N4O2/c28-22(25-13-5-10-20-9-4-12-24-18-20)17-21-23(29)26-14-16-27(21)15-6-11-19-7-2-1-3-8-19/h1-4,7-9,12,18,21H,5-6,10-11,13-17H2,(H,25,28)(H,26,29)/t21-/m0/s1. The Morgan fingerprint density at radius 1 is 1.10 bits per heavy atom. The largest absolute Gasteiger partial charge is 0.356 e. The molecule has 2 N–H and O–H groups in total. The average Bonchev–Trinajstić information content (AvgIpc) is 2.75. The number of piperazine rings is 1. The molecule has 29 heavy (non-hydrogen) atoms. The minimum atomic E-state index is -0.377. The third-order valence-electron chi connectivity index (χ3n) is 5.26. The number of nitrogens with zero attached hydrogens (tertiary/aromatic N) is 2. The zero-order valence-electron chi connectivity index (χ0n) is 16.8. The molecule has 1 aromatic carbocycles. The van der Waals surface area contributed by atoms with Gasteiger partial charge in [0.2, 0.25) is 11.8 Å². The maximum absolute atomic E-state index is 12.4. The molecule has 1 fully saturated rings. The van der Waals surface area contributed by atoms with E-state index in [0.717, 1.165) is 44.3 Å². The maximum atomic E-state index is 12.4. The number of hydrogen-bond acceptors (Lipinski definition) is 4. The Labute approximate surface area is 172 Å². The molecule has 1 atom stereocenters. The fourth-order valence-electron chi connectivity index (χ4n) is 3.70. The van der Waals surface area contributed by atoms with Crippen LogP contribution in [-0.2, 0) is 22.4 Å². The third-order valence-corrected chi connectivity index (χ3v) is 5.26. The highest BCUT2D eigenvalue weighted by molar-refractivity contribution is 5.88. The van der Waals surface area contributed by atoms with Gasteiger partial charge in [-0.2, -0.15) is 0 Å². The van der Waals surface area contributed by atoms with Gasteiger partial charge in [-0.25, -0.2) is 0 Å². The molecule has 0 spiro atoms. The van der Waals surface area contributed by atoms with Gasteiger partial charge in [-0.15, -0.1) is 0 Å². The molecule has 6 nitrogen and oxygen atoms in total. The molecule has 1 saturated heterocycles. The average molecular weight is 395 g/mol. The number of hydrogen-bond donors (Lipinski definition) is 2. The monoisotopic (exact) mass is 394 g/mol. The first-order valence-electron chi connectivity index (χ1n) is 10.4. The summed E-state index contributed by atoms with van der Waals surface area (Å²) in [5.41, 5.74) is 2.47. The van der Waals surface area contributed by atoms with E-state index in [1.165, 1.54) is 5.56 Å². The fourth-order valence-corrected chi connectivity index (χ4v) is 3.70. The summed E-state index contributed by atoms with van der Waals surface area (Å²) in [5.74, 6) is -0.104. The van der Waals surface area contributed by atoms with Crippen LogP contribution in [0.1, 0.15) is 30.4 Å². The molecule has 1 aliphatic rings. The Morgan fingerprint density at radius 3 is 2.69 bits per heavy atom. The van der Waals surface area contributed by atoms with E-state index in [0.29, 0.717) is 13.1 Å². The molecule has 2 heterocycles. The summed E-state index contributed by atoms with van der Waals surface area (Å²) in [6.07, 6.45) is 7.50. The predicted octanol–water partition coefficient (Wildman–Crippen LogP) is 1.95. The zero-order valence-corrected chi connectivity index (χ0v) is 16.8. The zero-order chi connectivity index (χ0) is 20.3. The lowest BCUT2D eigenvalue weighted by Crippen LogP contribution is -2.56. The molecule has 2 aromatic rings. The molecule has 0 saturated carbocycles. The lowest BCUT2D eigenvalue weighted by Gasteiger charge is -2.34. The first-order valence-corrected chi connectivity index (χ1v) is 10.4. The summed E-state index contributed by atoms with van der Waals surface area (Å²) in [7, 11) is 0. The van der Waals surface area contributed by atoms with E-state index in [9.17, 15) is 9.59 Å². The molecule has 6 heteroatoms. The number of amides is 2. The Kier molecular flexibility index (Phi) is 8.19. The second-order valence-corrected chi connectivity index (χ2v) is 7.45. The molecule has 0 radical (unpaired) electrons. The third kappa shape index (κ3) is 6.98. The lowest BCUT2D eigenvalue weighted by atomic mass is 10.1. The highest BCUT2D eigenvalue weighted by atomic mass is 16.2. The Hall–Kier alpha value is -2.73. The molecule has 1 aromatic heterocycles. The van der Waals surface area contributed by atoms with Crippen molar-refractivity contribution in [2.24, 2.45) is 0 Å². The van der Waals surface area contributed by atoms with E-state index in [1.807, 2.05) is 36.5 Å². The maximum Gasteiger partial charge on any atom is 0.237 e. The number of carbonyl (C=O) groups excluding carboxylic acids is 2. The van der Waals surface area contributed by atoms with Crippen LogP contribution in [0.5, 0.6) is 0 Å².